The van der Waals surface area contributed by atoms with Gasteiger partial charge in [-0.25, -0.2) is 14.8 Å². The van der Waals surface area contributed by atoms with Crippen LogP contribution < -0.4 is 32.4 Å². The van der Waals surface area contributed by atoms with Gasteiger partial charge in [0.25, 0.3) is 0 Å². The molecule has 4 aliphatic rings. The van der Waals surface area contributed by atoms with Crippen molar-refractivity contribution in [3.63, 3.8) is 0 Å². The van der Waals surface area contributed by atoms with Crippen LogP contribution in [0, 0.1) is 17.3 Å². The number of amides is 1. The van der Waals surface area contributed by atoms with Crippen LogP contribution in [0.4, 0.5) is 4.39 Å². The molecule has 4 rings (SSSR count). The summed E-state index contributed by atoms with van der Waals surface area (Å²) in [6, 6.07) is 0.509. The lowest BCUT2D eigenvalue weighted by molar-refractivity contribution is -0.124. The molecule has 2 heterocycles. The van der Waals surface area contributed by atoms with E-state index in [0.29, 0.717) is 25.3 Å². The van der Waals surface area contributed by atoms with E-state index in [-0.39, 0.29) is 47.4 Å². The van der Waals surface area contributed by atoms with Crippen molar-refractivity contribution in [1.29, 1.82) is 0 Å². The molecule has 2 saturated heterocycles. The van der Waals surface area contributed by atoms with Gasteiger partial charge in [0.15, 0.2) is 5.96 Å². The predicted octanol–water partition coefficient (Wildman–Crippen LogP) is 0.612. The Morgan fingerprint density at radius 3 is 2.67 bits per heavy atom. The van der Waals surface area contributed by atoms with Gasteiger partial charge in [-0.15, -0.1) is 0 Å². The van der Waals surface area contributed by atoms with Gasteiger partial charge in [-0.05, 0) is 43.9 Å². The van der Waals surface area contributed by atoms with E-state index >= 15 is 0 Å². The standard InChI is InChI=1S/C20H36FN7O2/c1-20(2,3)10-22-19(23-17-13-6-5-12(21)9-15(13)25-26-17)24-18(29)11-4-7-14-16(8-11)28-30-27-14/h11-17,25-28H,4-10H2,1-3H3,(H2,22,23,24,29). The number of nitrogens with one attached hydrogen (secondary N) is 6. The summed E-state index contributed by atoms with van der Waals surface area (Å²) >= 11 is 0. The lowest BCUT2D eigenvalue weighted by Crippen LogP contribution is -2.54. The molecule has 6 N–H and O–H groups in total. The molecule has 0 aromatic rings. The summed E-state index contributed by atoms with van der Waals surface area (Å²) in [5.41, 5.74) is 12.3. The van der Waals surface area contributed by atoms with E-state index in [1.54, 1.807) is 0 Å². The SMILES string of the molecule is CC(C)(C)CN=C(NC(=O)C1CCC2NONC2C1)NC1NNC2CC(F)CCC21. The second-order valence-electron chi connectivity index (χ2n) is 10.4. The van der Waals surface area contributed by atoms with Crippen LogP contribution >= 0.6 is 0 Å². The molecular weight excluding hydrogens is 389 g/mol. The smallest absolute Gasteiger partial charge is 0.229 e. The number of hydrazine groups is 1. The second-order valence-corrected chi connectivity index (χ2v) is 10.4. The topological polar surface area (TPSA) is 111 Å². The Hall–Kier alpha value is -1.33. The Labute approximate surface area is 177 Å². The number of rotatable bonds is 3. The zero-order chi connectivity index (χ0) is 21.3. The molecule has 7 atom stereocenters. The number of aliphatic imine (C=N–C) groups is 1. The van der Waals surface area contributed by atoms with Crippen LogP contribution in [0.3, 0.4) is 0 Å². The molecule has 0 aromatic heterocycles. The highest BCUT2D eigenvalue weighted by Crippen LogP contribution is 2.31. The number of halogens is 1. The van der Waals surface area contributed by atoms with Gasteiger partial charge in [-0.3, -0.25) is 20.5 Å². The normalized spacial score (nSPS) is 39.3. The van der Waals surface area contributed by atoms with E-state index in [0.717, 1.165) is 25.7 Å². The van der Waals surface area contributed by atoms with Gasteiger partial charge in [0.1, 0.15) is 6.17 Å². The van der Waals surface area contributed by atoms with E-state index in [1.807, 2.05) is 0 Å². The number of carbonyl (C=O) groups is 1. The lowest BCUT2D eigenvalue weighted by Gasteiger charge is -2.31. The van der Waals surface area contributed by atoms with E-state index in [4.69, 9.17) is 9.93 Å². The highest BCUT2D eigenvalue weighted by molar-refractivity contribution is 5.98. The van der Waals surface area contributed by atoms with Crippen LogP contribution in [0.1, 0.15) is 59.3 Å². The molecule has 2 aliphatic carbocycles. The van der Waals surface area contributed by atoms with Gasteiger partial charge in [-0.2, -0.15) is 11.0 Å². The number of fused-ring (bicyclic) bond motifs is 2. The summed E-state index contributed by atoms with van der Waals surface area (Å²) in [5.74, 6) is 0.647. The molecule has 2 saturated carbocycles. The first-order valence-corrected chi connectivity index (χ1v) is 11.2. The summed E-state index contributed by atoms with van der Waals surface area (Å²) in [4.78, 5) is 22.8. The van der Waals surface area contributed by atoms with E-state index in [1.165, 1.54) is 0 Å². The van der Waals surface area contributed by atoms with Gasteiger partial charge in [-0.1, -0.05) is 20.8 Å². The highest BCUT2D eigenvalue weighted by atomic mass is 19.1. The van der Waals surface area contributed by atoms with Crippen molar-refractivity contribution >= 4 is 11.9 Å². The fourth-order valence-corrected chi connectivity index (χ4v) is 4.82. The van der Waals surface area contributed by atoms with Gasteiger partial charge in [0.2, 0.25) is 5.91 Å². The van der Waals surface area contributed by atoms with Gasteiger partial charge >= 0.3 is 0 Å². The van der Waals surface area contributed by atoms with E-state index < -0.39 is 6.17 Å². The second kappa shape index (κ2) is 9.04. The van der Waals surface area contributed by atoms with Crippen molar-refractivity contribution in [3.05, 3.63) is 0 Å². The van der Waals surface area contributed by atoms with Crippen LogP contribution in [0.5, 0.6) is 0 Å². The Balaban J connectivity index is 1.39. The fraction of sp³-hybridized carbons (Fsp3) is 0.900. The fourth-order valence-electron chi connectivity index (χ4n) is 4.82. The van der Waals surface area contributed by atoms with Crippen molar-refractivity contribution in [3.8, 4) is 0 Å². The van der Waals surface area contributed by atoms with Crippen molar-refractivity contribution in [1.82, 2.24) is 32.4 Å². The van der Waals surface area contributed by atoms with Gasteiger partial charge < -0.3 is 5.32 Å². The van der Waals surface area contributed by atoms with Crippen LogP contribution in [-0.4, -0.2) is 48.9 Å². The maximum absolute atomic E-state index is 13.7. The number of alkyl halides is 1. The number of hydroxylamine groups is 2. The molecule has 2 aliphatic heterocycles. The largest absolute Gasteiger partial charge is 0.339 e. The number of hydrogen-bond acceptors (Lipinski definition) is 7. The molecule has 7 unspecified atom stereocenters. The highest BCUT2D eigenvalue weighted by Gasteiger charge is 2.41. The van der Waals surface area contributed by atoms with Crippen molar-refractivity contribution in [2.75, 3.05) is 6.54 Å². The third-order valence-electron chi connectivity index (χ3n) is 6.58. The van der Waals surface area contributed by atoms with Crippen LogP contribution in [-0.2, 0) is 9.73 Å². The molecule has 1 amide bonds. The summed E-state index contributed by atoms with van der Waals surface area (Å²) in [7, 11) is 0. The number of carbonyl (C=O) groups excluding carboxylic acids is 1. The minimum absolute atomic E-state index is 0.00265. The Kier molecular flexibility index (Phi) is 6.59. The molecule has 30 heavy (non-hydrogen) atoms. The predicted molar refractivity (Wildman–Crippen MR) is 111 cm³/mol. The molecule has 10 heteroatoms. The third kappa shape index (κ3) is 5.28. The monoisotopic (exact) mass is 425 g/mol. The molecule has 0 spiro atoms. The first-order chi connectivity index (χ1) is 14.3. The molecule has 170 valence electrons. The molecule has 4 fully saturated rings. The number of nitrogens with zero attached hydrogens (tertiary/aromatic N) is 1. The zero-order valence-electron chi connectivity index (χ0n) is 18.1. The maximum atomic E-state index is 13.7. The Bertz CT molecular complexity index is 656. The Morgan fingerprint density at radius 2 is 1.87 bits per heavy atom. The van der Waals surface area contributed by atoms with Gasteiger partial charge in [0, 0.05) is 24.4 Å². The molecule has 0 bridgehead atoms. The van der Waals surface area contributed by atoms with E-state index in [9.17, 15) is 9.18 Å². The quantitative estimate of drug-likeness (QED) is 0.290. The van der Waals surface area contributed by atoms with Crippen molar-refractivity contribution in [2.24, 2.45) is 22.2 Å². The van der Waals surface area contributed by atoms with E-state index in [2.05, 4.69) is 53.2 Å². The molecule has 9 nitrogen and oxygen atoms in total. The summed E-state index contributed by atoms with van der Waals surface area (Å²) in [6.45, 7) is 6.93. The minimum atomic E-state index is -0.745. The summed E-state index contributed by atoms with van der Waals surface area (Å²) in [6.07, 6.45) is 3.48. The van der Waals surface area contributed by atoms with Crippen molar-refractivity contribution < 1.29 is 14.1 Å². The number of guanidine groups is 1. The van der Waals surface area contributed by atoms with Crippen LogP contribution in [0.15, 0.2) is 4.99 Å². The third-order valence-corrected chi connectivity index (χ3v) is 6.58. The maximum Gasteiger partial charge on any atom is 0.229 e. The molecular formula is C20H36FN7O2. The zero-order valence-corrected chi connectivity index (χ0v) is 18.1. The van der Waals surface area contributed by atoms with Crippen LogP contribution in [0.2, 0.25) is 0 Å². The average Bonchev–Trinajstić information content (AvgIpc) is 3.31. The van der Waals surface area contributed by atoms with Crippen LogP contribution in [0.25, 0.3) is 0 Å². The number of hydrogen-bond donors (Lipinski definition) is 6. The summed E-state index contributed by atoms with van der Waals surface area (Å²) < 4.78 is 13.7. The lowest BCUT2D eigenvalue weighted by atomic mass is 9.82. The summed E-state index contributed by atoms with van der Waals surface area (Å²) in [5, 5.41) is 6.43. The minimum Gasteiger partial charge on any atom is -0.339 e. The average molecular weight is 426 g/mol. The van der Waals surface area contributed by atoms with Gasteiger partial charge in [0.05, 0.1) is 18.2 Å². The molecule has 0 radical (unpaired) electrons. The Morgan fingerprint density at radius 1 is 1.07 bits per heavy atom. The first kappa shape index (κ1) is 21.9. The van der Waals surface area contributed by atoms with Crippen molar-refractivity contribution in [2.45, 2.75) is 89.8 Å². The molecule has 0 aromatic carbocycles. The first-order valence-electron chi connectivity index (χ1n) is 11.2.